The molecule has 0 saturated heterocycles. The van der Waals surface area contributed by atoms with Gasteiger partial charge >= 0.3 is 5.97 Å². The van der Waals surface area contributed by atoms with Crippen molar-refractivity contribution in [2.75, 3.05) is 0 Å². The van der Waals surface area contributed by atoms with Crippen LogP contribution in [0.15, 0.2) is 53.5 Å². The van der Waals surface area contributed by atoms with E-state index in [4.69, 9.17) is 0 Å². The zero-order valence-corrected chi connectivity index (χ0v) is 14.5. The molecule has 1 heterocycles. The van der Waals surface area contributed by atoms with Gasteiger partial charge in [-0.15, -0.1) is 10.2 Å². The van der Waals surface area contributed by atoms with Gasteiger partial charge in [0.05, 0.1) is 0 Å². The number of aliphatic imine (C=N–C) groups is 1. The molecule has 0 spiro atoms. The molecule has 0 unspecified atom stereocenters. The predicted molar refractivity (Wildman–Crippen MR) is 98.9 cm³/mol. The van der Waals surface area contributed by atoms with Crippen molar-refractivity contribution in [2.45, 2.75) is 19.9 Å². The lowest BCUT2D eigenvalue weighted by Crippen LogP contribution is -2.24. The molecule has 0 aliphatic rings. The van der Waals surface area contributed by atoms with Crippen molar-refractivity contribution in [3.05, 3.63) is 54.1 Å². The molecule has 0 bridgehead atoms. The van der Waals surface area contributed by atoms with Crippen LogP contribution in [-0.2, 0) is 4.79 Å². The van der Waals surface area contributed by atoms with Crippen LogP contribution in [0.4, 0.5) is 0 Å². The summed E-state index contributed by atoms with van der Waals surface area (Å²) < 4.78 is 0. The number of benzene rings is 2. The van der Waals surface area contributed by atoms with Crippen LogP contribution >= 0.6 is 0 Å². The second kappa shape index (κ2) is 7.69. The molecule has 26 heavy (non-hydrogen) atoms. The van der Waals surface area contributed by atoms with Gasteiger partial charge in [0.2, 0.25) is 5.82 Å². The highest BCUT2D eigenvalue weighted by atomic mass is 16.4. The van der Waals surface area contributed by atoms with Crippen LogP contribution in [0.2, 0.25) is 0 Å². The molecule has 2 aromatic carbocycles. The number of nitrogens with one attached hydrogen (secondary N) is 1. The highest BCUT2D eigenvalue weighted by molar-refractivity contribution is 5.86. The minimum absolute atomic E-state index is 0.0649. The summed E-state index contributed by atoms with van der Waals surface area (Å²) in [6.07, 6.45) is 1.60. The first-order valence-electron chi connectivity index (χ1n) is 8.25. The number of rotatable bonds is 6. The van der Waals surface area contributed by atoms with Crippen molar-refractivity contribution in [3.63, 3.8) is 0 Å². The largest absolute Gasteiger partial charge is 0.480 e. The second-order valence-corrected chi connectivity index (χ2v) is 6.21. The Bertz CT molecular complexity index is 902. The lowest BCUT2D eigenvalue weighted by molar-refractivity contribution is -0.139. The fraction of sp³-hybridized carbons (Fsp3) is 0.211. The second-order valence-electron chi connectivity index (χ2n) is 6.21. The van der Waals surface area contributed by atoms with E-state index in [1.54, 1.807) is 6.21 Å². The first-order chi connectivity index (χ1) is 12.6. The quantitative estimate of drug-likeness (QED) is 0.666. The molecular formula is C19H19N5O2. The number of aromatic amines is 1. The smallest absolute Gasteiger partial charge is 0.328 e. The molecular weight excluding hydrogens is 330 g/mol. The number of aromatic nitrogens is 4. The summed E-state index contributed by atoms with van der Waals surface area (Å²) in [6.45, 7) is 3.68. The number of carboxylic acid groups (broad SMARTS) is 1. The van der Waals surface area contributed by atoms with E-state index in [0.29, 0.717) is 5.82 Å². The van der Waals surface area contributed by atoms with Crippen molar-refractivity contribution in [1.82, 2.24) is 20.6 Å². The maximum Gasteiger partial charge on any atom is 0.328 e. The third-order valence-electron chi connectivity index (χ3n) is 4.00. The number of tetrazole rings is 1. The first kappa shape index (κ1) is 17.5. The molecule has 2 N–H and O–H groups in total. The van der Waals surface area contributed by atoms with Crippen molar-refractivity contribution in [3.8, 4) is 22.5 Å². The molecule has 0 radical (unpaired) electrons. The molecule has 0 saturated carbocycles. The first-order valence-corrected chi connectivity index (χ1v) is 8.25. The average molecular weight is 349 g/mol. The zero-order valence-electron chi connectivity index (χ0n) is 14.5. The number of carbonyl (C=O) groups is 1. The molecule has 0 aliphatic heterocycles. The molecule has 1 aromatic heterocycles. The third-order valence-corrected chi connectivity index (χ3v) is 4.00. The lowest BCUT2D eigenvalue weighted by atomic mass is 9.98. The molecule has 0 amide bonds. The number of aliphatic carboxylic acids is 1. The Hall–Kier alpha value is -3.35. The summed E-state index contributed by atoms with van der Waals surface area (Å²) in [4.78, 5) is 15.4. The van der Waals surface area contributed by atoms with Crippen LogP contribution in [-0.4, -0.2) is 44.0 Å². The summed E-state index contributed by atoms with van der Waals surface area (Å²) in [7, 11) is 0. The van der Waals surface area contributed by atoms with Gasteiger partial charge in [-0.3, -0.25) is 4.99 Å². The Labute approximate surface area is 150 Å². The fourth-order valence-electron chi connectivity index (χ4n) is 2.64. The SMILES string of the molecule is CC(C)[C@H](N=Cc1ccc(-c2ccccc2-c2nn[nH]n2)cc1)C(=O)O. The van der Waals surface area contributed by atoms with Crippen LogP contribution in [0.25, 0.3) is 22.5 Å². The van der Waals surface area contributed by atoms with Crippen LogP contribution in [0.3, 0.4) is 0 Å². The summed E-state index contributed by atoms with van der Waals surface area (Å²) in [5.41, 5.74) is 3.72. The van der Waals surface area contributed by atoms with Crippen LogP contribution in [0.1, 0.15) is 19.4 Å². The minimum atomic E-state index is -0.915. The molecule has 3 aromatic rings. The van der Waals surface area contributed by atoms with Crippen LogP contribution in [0.5, 0.6) is 0 Å². The molecule has 3 rings (SSSR count). The normalized spacial score (nSPS) is 12.6. The highest BCUT2D eigenvalue weighted by Crippen LogP contribution is 2.29. The van der Waals surface area contributed by atoms with E-state index in [1.165, 1.54) is 0 Å². The van der Waals surface area contributed by atoms with Gasteiger partial charge in [0.15, 0.2) is 0 Å². The topological polar surface area (TPSA) is 104 Å². The Morgan fingerprint density at radius 2 is 1.81 bits per heavy atom. The van der Waals surface area contributed by atoms with Gasteiger partial charge in [-0.2, -0.15) is 5.21 Å². The molecule has 7 nitrogen and oxygen atoms in total. The maximum atomic E-state index is 11.2. The van der Waals surface area contributed by atoms with Gasteiger partial charge < -0.3 is 5.11 Å². The van der Waals surface area contributed by atoms with Gasteiger partial charge in [0.1, 0.15) is 6.04 Å². The van der Waals surface area contributed by atoms with Crippen molar-refractivity contribution in [2.24, 2.45) is 10.9 Å². The van der Waals surface area contributed by atoms with E-state index in [0.717, 1.165) is 22.3 Å². The standard InChI is InChI=1S/C19H19N5O2/c1-12(2)17(19(25)26)20-11-13-7-9-14(10-8-13)15-5-3-4-6-16(15)18-21-23-24-22-18/h3-12,17H,1-2H3,(H,25,26)(H,21,22,23,24)/t17-/m0/s1. The molecule has 0 aliphatic carbocycles. The van der Waals surface area contributed by atoms with Gasteiger partial charge in [-0.25, -0.2) is 4.79 Å². The van der Waals surface area contributed by atoms with E-state index in [-0.39, 0.29) is 5.92 Å². The lowest BCUT2D eigenvalue weighted by Gasteiger charge is -2.10. The van der Waals surface area contributed by atoms with Crippen molar-refractivity contribution in [1.29, 1.82) is 0 Å². The molecule has 1 atom stereocenters. The fourth-order valence-corrected chi connectivity index (χ4v) is 2.64. The van der Waals surface area contributed by atoms with Crippen LogP contribution < -0.4 is 0 Å². The Kier molecular flexibility index (Phi) is 5.17. The van der Waals surface area contributed by atoms with Gasteiger partial charge in [-0.05, 0) is 27.8 Å². The van der Waals surface area contributed by atoms with E-state index in [2.05, 4.69) is 25.6 Å². The third kappa shape index (κ3) is 3.83. The number of carboxylic acids is 1. The van der Waals surface area contributed by atoms with Crippen LogP contribution in [0, 0.1) is 5.92 Å². The monoisotopic (exact) mass is 349 g/mol. The minimum Gasteiger partial charge on any atom is -0.480 e. The maximum absolute atomic E-state index is 11.2. The number of H-pyrrole nitrogens is 1. The number of hydrogen-bond donors (Lipinski definition) is 2. The van der Waals surface area contributed by atoms with Gasteiger partial charge in [-0.1, -0.05) is 62.4 Å². The summed E-state index contributed by atoms with van der Waals surface area (Å²) in [6, 6.07) is 14.8. The molecule has 7 heteroatoms. The number of hydrogen-bond acceptors (Lipinski definition) is 5. The number of nitrogens with zero attached hydrogens (tertiary/aromatic N) is 4. The molecule has 0 fully saturated rings. The van der Waals surface area contributed by atoms with Gasteiger partial charge in [0.25, 0.3) is 0 Å². The molecule has 132 valence electrons. The van der Waals surface area contributed by atoms with Crippen molar-refractivity contribution < 1.29 is 9.90 Å². The Morgan fingerprint density at radius 3 is 2.38 bits per heavy atom. The Balaban J connectivity index is 1.86. The van der Waals surface area contributed by atoms with Gasteiger partial charge in [0, 0.05) is 11.8 Å². The summed E-state index contributed by atoms with van der Waals surface area (Å²) >= 11 is 0. The van der Waals surface area contributed by atoms with Crippen molar-refractivity contribution >= 4 is 12.2 Å². The zero-order chi connectivity index (χ0) is 18.5. The summed E-state index contributed by atoms with van der Waals surface area (Å²) in [5.74, 6) is -0.445. The summed E-state index contributed by atoms with van der Waals surface area (Å²) in [5, 5.41) is 23.4. The average Bonchev–Trinajstić information content (AvgIpc) is 3.16. The van der Waals surface area contributed by atoms with E-state index >= 15 is 0 Å². The van der Waals surface area contributed by atoms with E-state index in [1.807, 2.05) is 62.4 Å². The van der Waals surface area contributed by atoms with E-state index in [9.17, 15) is 9.90 Å². The highest BCUT2D eigenvalue weighted by Gasteiger charge is 2.19. The predicted octanol–water partition coefficient (Wildman–Crippen LogP) is 3.06. The Morgan fingerprint density at radius 1 is 1.12 bits per heavy atom. The van der Waals surface area contributed by atoms with E-state index < -0.39 is 12.0 Å².